The van der Waals surface area contributed by atoms with E-state index in [0.717, 1.165) is 16.5 Å². The molecule has 0 saturated carbocycles. The van der Waals surface area contributed by atoms with Crippen LogP contribution < -0.4 is 4.74 Å². The van der Waals surface area contributed by atoms with Gasteiger partial charge >= 0.3 is 5.97 Å². The van der Waals surface area contributed by atoms with Crippen LogP contribution in [0.1, 0.15) is 5.69 Å². The first kappa shape index (κ1) is 11.9. The molecule has 1 aromatic carbocycles. The summed E-state index contributed by atoms with van der Waals surface area (Å²) >= 11 is 0. The molecule has 5 heteroatoms. The van der Waals surface area contributed by atoms with Crippen molar-refractivity contribution in [3.63, 3.8) is 0 Å². The van der Waals surface area contributed by atoms with Gasteiger partial charge in [-0.2, -0.15) is 0 Å². The maximum atomic E-state index is 11.5. The SMILES string of the molecule is COc1ccc2c(C3(C(=O)O)COC3)nccc2c1. The van der Waals surface area contributed by atoms with Gasteiger partial charge in [0.2, 0.25) is 0 Å². The van der Waals surface area contributed by atoms with Crippen molar-refractivity contribution in [3.05, 3.63) is 36.2 Å². The Kier molecular flexibility index (Phi) is 2.64. The lowest BCUT2D eigenvalue weighted by molar-refractivity contribution is -0.163. The molecule has 1 aliphatic heterocycles. The summed E-state index contributed by atoms with van der Waals surface area (Å²) in [7, 11) is 1.60. The van der Waals surface area contributed by atoms with Gasteiger partial charge in [-0.05, 0) is 29.7 Å². The van der Waals surface area contributed by atoms with Crippen molar-refractivity contribution in [1.29, 1.82) is 0 Å². The molecule has 3 rings (SSSR count). The minimum atomic E-state index is -1.02. The highest BCUT2D eigenvalue weighted by Crippen LogP contribution is 2.36. The molecule has 1 N–H and O–H groups in total. The van der Waals surface area contributed by atoms with Crippen molar-refractivity contribution >= 4 is 16.7 Å². The number of carbonyl (C=O) groups is 1. The van der Waals surface area contributed by atoms with Crippen molar-refractivity contribution in [1.82, 2.24) is 4.98 Å². The first-order valence-corrected chi connectivity index (χ1v) is 5.92. The van der Waals surface area contributed by atoms with E-state index in [1.54, 1.807) is 13.3 Å². The van der Waals surface area contributed by atoms with Crippen LogP contribution in [0.2, 0.25) is 0 Å². The lowest BCUT2D eigenvalue weighted by Crippen LogP contribution is -2.53. The van der Waals surface area contributed by atoms with Crippen LogP contribution in [-0.2, 0) is 14.9 Å². The number of aromatic nitrogens is 1. The van der Waals surface area contributed by atoms with Crippen LogP contribution in [0.3, 0.4) is 0 Å². The average molecular weight is 259 g/mol. The number of hydrogen-bond donors (Lipinski definition) is 1. The van der Waals surface area contributed by atoms with Gasteiger partial charge in [-0.25, -0.2) is 0 Å². The molecule has 0 amide bonds. The van der Waals surface area contributed by atoms with E-state index in [4.69, 9.17) is 9.47 Å². The summed E-state index contributed by atoms with van der Waals surface area (Å²) < 4.78 is 10.3. The van der Waals surface area contributed by atoms with Gasteiger partial charge < -0.3 is 14.6 Å². The Bertz CT molecular complexity index is 649. The molecule has 1 saturated heterocycles. The average Bonchev–Trinajstić information content (AvgIpc) is 2.36. The molecule has 1 aliphatic rings. The quantitative estimate of drug-likeness (QED) is 0.906. The van der Waals surface area contributed by atoms with Crippen molar-refractivity contribution in [2.45, 2.75) is 5.41 Å². The molecule has 0 spiro atoms. The summed E-state index contributed by atoms with van der Waals surface area (Å²) in [5, 5.41) is 11.2. The third-order valence-corrected chi connectivity index (χ3v) is 3.53. The first-order chi connectivity index (χ1) is 9.17. The third-order valence-electron chi connectivity index (χ3n) is 3.53. The molecule has 0 unspecified atom stereocenters. The Morgan fingerprint density at radius 3 is 2.79 bits per heavy atom. The number of aliphatic carboxylic acids is 1. The second-order valence-electron chi connectivity index (χ2n) is 4.63. The zero-order valence-corrected chi connectivity index (χ0v) is 10.4. The van der Waals surface area contributed by atoms with Crippen molar-refractivity contribution < 1.29 is 19.4 Å². The van der Waals surface area contributed by atoms with Crippen LogP contribution in [0.15, 0.2) is 30.5 Å². The van der Waals surface area contributed by atoms with Gasteiger partial charge in [0.25, 0.3) is 0 Å². The Labute approximate surface area is 109 Å². The van der Waals surface area contributed by atoms with Gasteiger partial charge in [0.1, 0.15) is 5.75 Å². The number of rotatable bonds is 3. The summed E-state index contributed by atoms with van der Waals surface area (Å²) in [6.45, 7) is 0.334. The van der Waals surface area contributed by atoms with Gasteiger partial charge in [0.05, 0.1) is 26.0 Å². The normalized spacial score (nSPS) is 16.9. The first-order valence-electron chi connectivity index (χ1n) is 5.92. The largest absolute Gasteiger partial charge is 0.497 e. The standard InChI is InChI=1S/C14H13NO4/c1-18-10-2-3-11-9(6-10)4-5-15-12(11)14(13(16)17)7-19-8-14/h2-6H,7-8H2,1H3,(H,16,17). The molecule has 1 fully saturated rings. The maximum absolute atomic E-state index is 11.5. The van der Waals surface area contributed by atoms with Gasteiger partial charge in [-0.1, -0.05) is 0 Å². The fourth-order valence-electron chi connectivity index (χ4n) is 2.33. The molecule has 2 heterocycles. The number of methoxy groups -OCH3 is 1. The Morgan fingerprint density at radius 1 is 1.42 bits per heavy atom. The number of hydrogen-bond acceptors (Lipinski definition) is 4. The number of nitrogens with zero attached hydrogens (tertiary/aromatic N) is 1. The van der Waals surface area contributed by atoms with Gasteiger partial charge in [0.15, 0.2) is 5.41 Å². The predicted octanol–water partition coefficient (Wildman–Crippen LogP) is 1.60. The molecule has 19 heavy (non-hydrogen) atoms. The maximum Gasteiger partial charge on any atom is 0.320 e. The van der Waals surface area contributed by atoms with Gasteiger partial charge in [-0.3, -0.25) is 9.78 Å². The lowest BCUT2D eigenvalue weighted by Gasteiger charge is -2.37. The number of carboxylic acids is 1. The van der Waals surface area contributed by atoms with E-state index in [1.165, 1.54) is 0 Å². The topological polar surface area (TPSA) is 68.7 Å². The molecular formula is C14H13NO4. The summed E-state index contributed by atoms with van der Waals surface area (Å²) in [6.07, 6.45) is 1.63. The number of benzene rings is 1. The number of fused-ring (bicyclic) bond motifs is 1. The Hall–Kier alpha value is -2.14. The zero-order valence-electron chi connectivity index (χ0n) is 10.4. The van der Waals surface area contributed by atoms with Crippen molar-refractivity contribution in [2.75, 3.05) is 20.3 Å². The molecule has 1 aromatic heterocycles. The fourth-order valence-corrected chi connectivity index (χ4v) is 2.33. The molecule has 5 nitrogen and oxygen atoms in total. The monoisotopic (exact) mass is 259 g/mol. The Balaban J connectivity index is 2.22. The van der Waals surface area contributed by atoms with Crippen molar-refractivity contribution in [2.24, 2.45) is 0 Å². The van der Waals surface area contributed by atoms with Gasteiger partial charge in [-0.15, -0.1) is 0 Å². The molecule has 0 radical (unpaired) electrons. The van der Waals surface area contributed by atoms with E-state index in [0.29, 0.717) is 5.69 Å². The number of carboxylic acid groups (broad SMARTS) is 1. The Morgan fingerprint density at radius 2 is 2.21 bits per heavy atom. The number of ether oxygens (including phenoxy) is 2. The van der Waals surface area contributed by atoms with Crippen LogP contribution in [-0.4, -0.2) is 36.4 Å². The van der Waals surface area contributed by atoms with E-state index in [2.05, 4.69) is 4.98 Å². The van der Waals surface area contributed by atoms with Crippen LogP contribution in [0.5, 0.6) is 5.75 Å². The van der Waals surface area contributed by atoms with E-state index in [9.17, 15) is 9.90 Å². The molecule has 0 aliphatic carbocycles. The molecular weight excluding hydrogens is 246 g/mol. The van der Waals surface area contributed by atoms with Crippen molar-refractivity contribution in [3.8, 4) is 5.75 Å². The van der Waals surface area contributed by atoms with Crippen LogP contribution in [0.25, 0.3) is 10.8 Å². The molecule has 0 atom stereocenters. The molecule has 2 aromatic rings. The third kappa shape index (κ3) is 1.66. The highest BCUT2D eigenvalue weighted by molar-refractivity contribution is 5.93. The zero-order chi connectivity index (χ0) is 13.5. The van der Waals surface area contributed by atoms with E-state index < -0.39 is 11.4 Å². The lowest BCUT2D eigenvalue weighted by atomic mass is 9.80. The number of pyridine rings is 1. The summed E-state index contributed by atoms with van der Waals surface area (Å²) in [5.74, 6) is -0.159. The summed E-state index contributed by atoms with van der Waals surface area (Å²) in [5.41, 5.74) is -0.458. The minimum Gasteiger partial charge on any atom is -0.497 e. The van der Waals surface area contributed by atoms with Crippen LogP contribution >= 0.6 is 0 Å². The summed E-state index contributed by atoms with van der Waals surface area (Å²) in [6, 6.07) is 7.37. The molecule has 0 bridgehead atoms. The molecule has 98 valence electrons. The van der Waals surface area contributed by atoms with E-state index in [1.807, 2.05) is 24.3 Å². The highest BCUT2D eigenvalue weighted by atomic mass is 16.5. The fraction of sp³-hybridized carbons (Fsp3) is 0.286. The van der Waals surface area contributed by atoms with Gasteiger partial charge in [0, 0.05) is 11.6 Å². The van der Waals surface area contributed by atoms with Crippen LogP contribution in [0.4, 0.5) is 0 Å². The van der Waals surface area contributed by atoms with E-state index in [-0.39, 0.29) is 13.2 Å². The van der Waals surface area contributed by atoms with Crippen LogP contribution in [0, 0.1) is 0 Å². The second kappa shape index (κ2) is 4.20. The minimum absolute atomic E-state index is 0.167. The second-order valence-corrected chi connectivity index (χ2v) is 4.63. The highest BCUT2D eigenvalue weighted by Gasteiger charge is 2.50. The predicted molar refractivity (Wildman–Crippen MR) is 68.4 cm³/mol. The van der Waals surface area contributed by atoms with E-state index >= 15 is 0 Å². The smallest absolute Gasteiger partial charge is 0.320 e. The summed E-state index contributed by atoms with van der Waals surface area (Å²) in [4.78, 5) is 15.8.